The number of ether oxygens (including phenoxy) is 1. The Balaban J connectivity index is 0.00000196. The Labute approximate surface area is 164 Å². The minimum atomic E-state index is 0. The third-order valence-corrected chi connectivity index (χ3v) is 5.43. The summed E-state index contributed by atoms with van der Waals surface area (Å²) in [6, 6.07) is 15.7. The summed E-state index contributed by atoms with van der Waals surface area (Å²) >= 11 is 6.34. The number of hydrogen-bond acceptors (Lipinski definition) is 3. The van der Waals surface area contributed by atoms with Gasteiger partial charge < -0.3 is 15.0 Å². The van der Waals surface area contributed by atoms with Gasteiger partial charge in [0, 0.05) is 26.2 Å². The minimum absolute atomic E-state index is 0. The zero-order chi connectivity index (χ0) is 17.2. The van der Waals surface area contributed by atoms with Crippen molar-refractivity contribution in [2.75, 3.05) is 32.8 Å². The van der Waals surface area contributed by atoms with Crippen LogP contribution in [0.2, 0.25) is 5.02 Å². The molecule has 0 radical (unpaired) electrons. The highest BCUT2D eigenvalue weighted by Crippen LogP contribution is 2.31. The van der Waals surface area contributed by atoms with Crippen molar-refractivity contribution in [1.82, 2.24) is 10.2 Å². The Morgan fingerprint density at radius 2 is 1.77 bits per heavy atom. The highest BCUT2D eigenvalue weighted by molar-refractivity contribution is 6.32. The fourth-order valence-corrected chi connectivity index (χ4v) is 3.95. The molecule has 4 nitrogen and oxygen atoms in total. The summed E-state index contributed by atoms with van der Waals surface area (Å²) in [5, 5.41) is 3.91. The van der Waals surface area contributed by atoms with E-state index in [9.17, 15) is 4.79 Å². The Morgan fingerprint density at radius 1 is 1.08 bits per heavy atom. The first kappa shape index (κ1) is 19.0. The summed E-state index contributed by atoms with van der Waals surface area (Å²) < 4.78 is 5.69. The van der Waals surface area contributed by atoms with Crippen LogP contribution in [0.3, 0.4) is 0 Å². The Bertz CT molecular complexity index is 758. The van der Waals surface area contributed by atoms with Gasteiger partial charge in [0.05, 0.1) is 5.02 Å². The number of halogens is 2. The van der Waals surface area contributed by atoms with Crippen LogP contribution >= 0.6 is 24.0 Å². The second kappa shape index (κ2) is 8.30. The second-order valence-corrected chi connectivity index (χ2v) is 7.18. The lowest BCUT2D eigenvalue weighted by atomic mass is 10.0. The van der Waals surface area contributed by atoms with Crippen LogP contribution in [-0.4, -0.2) is 43.6 Å². The number of hydrogen-bond donors (Lipinski definition) is 1. The average Bonchev–Trinajstić information content (AvgIpc) is 3.23. The van der Waals surface area contributed by atoms with Crippen LogP contribution in [0.25, 0.3) is 11.1 Å². The largest absolute Gasteiger partial charge is 0.482 e. The van der Waals surface area contributed by atoms with Crippen molar-refractivity contribution in [2.24, 2.45) is 11.8 Å². The molecule has 1 N–H and O–H groups in total. The van der Waals surface area contributed by atoms with Gasteiger partial charge in [-0.2, -0.15) is 0 Å². The molecule has 0 unspecified atom stereocenters. The number of rotatable bonds is 4. The molecule has 2 saturated heterocycles. The van der Waals surface area contributed by atoms with Gasteiger partial charge in [0.2, 0.25) is 0 Å². The number of nitrogens with zero attached hydrogens (tertiary/aromatic N) is 1. The van der Waals surface area contributed by atoms with Crippen molar-refractivity contribution in [3.63, 3.8) is 0 Å². The molecule has 4 rings (SSSR count). The van der Waals surface area contributed by atoms with Gasteiger partial charge in [0.1, 0.15) is 5.75 Å². The number of benzene rings is 2. The topological polar surface area (TPSA) is 41.6 Å². The van der Waals surface area contributed by atoms with Crippen molar-refractivity contribution >= 4 is 29.9 Å². The summed E-state index contributed by atoms with van der Waals surface area (Å²) in [7, 11) is 0. The Hall–Kier alpha value is -1.75. The first-order chi connectivity index (χ1) is 12.2. The molecule has 0 aliphatic carbocycles. The van der Waals surface area contributed by atoms with Crippen molar-refractivity contribution in [3.05, 3.63) is 53.6 Å². The highest BCUT2D eigenvalue weighted by atomic mass is 35.5. The van der Waals surface area contributed by atoms with Crippen LogP contribution in [0.4, 0.5) is 0 Å². The average molecular weight is 393 g/mol. The number of nitrogens with one attached hydrogen (secondary N) is 1. The maximum atomic E-state index is 12.4. The zero-order valence-corrected chi connectivity index (χ0v) is 15.9. The molecule has 138 valence electrons. The number of carbonyl (C=O) groups is 1. The predicted molar refractivity (Wildman–Crippen MR) is 106 cm³/mol. The predicted octanol–water partition coefficient (Wildman–Crippen LogP) is 3.49. The number of carbonyl (C=O) groups excluding carboxylic acids is 1. The number of amides is 1. The van der Waals surface area contributed by atoms with Crippen LogP contribution in [0.15, 0.2) is 48.5 Å². The van der Waals surface area contributed by atoms with Gasteiger partial charge in [-0.05, 0) is 35.1 Å². The lowest BCUT2D eigenvalue weighted by Crippen LogP contribution is -2.35. The normalized spacial score (nSPS) is 21.2. The van der Waals surface area contributed by atoms with E-state index >= 15 is 0 Å². The summed E-state index contributed by atoms with van der Waals surface area (Å²) in [4.78, 5) is 14.3. The van der Waals surface area contributed by atoms with Crippen LogP contribution in [0.5, 0.6) is 5.75 Å². The van der Waals surface area contributed by atoms with Crippen LogP contribution in [0.1, 0.15) is 0 Å². The fraction of sp³-hybridized carbons (Fsp3) is 0.350. The summed E-state index contributed by atoms with van der Waals surface area (Å²) in [6.45, 7) is 3.74. The second-order valence-electron chi connectivity index (χ2n) is 6.78. The van der Waals surface area contributed by atoms with E-state index in [1.807, 2.05) is 53.4 Å². The van der Waals surface area contributed by atoms with Crippen LogP contribution < -0.4 is 10.1 Å². The molecule has 2 fully saturated rings. The van der Waals surface area contributed by atoms with Crippen LogP contribution in [0, 0.1) is 11.8 Å². The smallest absolute Gasteiger partial charge is 0.260 e. The third kappa shape index (κ3) is 3.98. The van der Waals surface area contributed by atoms with Crippen molar-refractivity contribution < 1.29 is 9.53 Å². The standard InChI is InChI=1S/C20H21ClN2O2.ClH/c21-18-8-15(14-4-2-1-3-5-14)6-7-19(18)25-13-20(24)23-11-16-9-22-10-17(16)12-23;/h1-8,16-17,22H,9-13H2;1H/t16-,17+;. The zero-order valence-electron chi connectivity index (χ0n) is 14.4. The summed E-state index contributed by atoms with van der Waals surface area (Å²) in [5.74, 6) is 1.78. The Kier molecular flexibility index (Phi) is 6.07. The number of fused-ring (bicyclic) bond motifs is 1. The van der Waals surface area contributed by atoms with E-state index in [4.69, 9.17) is 16.3 Å². The molecule has 0 bridgehead atoms. The van der Waals surface area contributed by atoms with Gasteiger partial charge in [-0.3, -0.25) is 4.79 Å². The monoisotopic (exact) mass is 392 g/mol. The molecule has 2 atom stereocenters. The molecule has 2 aliphatic rings. The Morgan fingerprint density at radius 3 is 2.42 bits per heavy atom. The van der Waals surface area contributed by atoms with Gasteiger partial charge >= 0.3 is 0 Å². The maximum Gasteiger partial charge on any atom is 0.260 e. The quantitative estimate of drug-likeness (QED) is 0.865. The summed E-state index contributed by atoms with van der Waals surface area (Å²) in [6.07, 6.45) is 0. The molecular weight excluding hydrogens is 371 g/mol. The van der Waals surface area contributed by atoms with Crippen molar-refractivity contribution in [1.29, 1.82) is 0 Å². The maximum absolute atomic E-state index is 12.4. The van der Waals surface area contributed by atoms with Gasteiger partial charge in [-0.1, -0.05) is 48.0 Å². The first-order valence-electron chi connectivity index (χ1n) is 8.67. The van der Waals surface area contributed by atoms with Gasteiger partial charge in [-0.25, -0.2) is 0 Å². The van der Waals surface area contributed by atoms with E-state index in [1.165, 1.54) is 0 Å². The minimum Gasteiger partial charge on any atom is -0.482 e. The van der Waals surface area contributed by atoms with E-state index in [2.05, 4.69) is 5.32 Å². The molecule has 0 spiro atoms. The van der Waals surface area contributed by atoms with E-state index in [-0.39, 0.29) is 24.9 Å². The summed E-state index contributed by atoms with van der Waals surface area (Å²) in [5.41, 5.74) is 2.13. The molecule has 26 heavy (non-hydrogen) atoms. The molecule has 2 aromatic carbocycles. The van der Waals surface area contributed by atoms with E-state index < -0.39 is 0 Å². The molecule has 2 aromatic rings. The third-order valence-electron chi connectivity index (χ3n) is 5.13. The molecular formula is C20H22Cl2N2O2. The van der Waals surface area contributed by atoms with Crippen LogP contribution in [-0.2, 0) is 4.79 Å². The molecule has 2 heterocycles. The van der Waals surface area contributed by atoms with Gasteiger partial charge in [0.25, 0.3) is 5.91 Å². The molecule has 2 aliphatic heterocycles. The van der Waals surface area contributed by atoms with E-state index in [0.717, 1.165) is 37.3 Å². The number of likely N-dealkylation sites (tertiary alicyclic amines) is 1. The SMILES string of the molecule is Cl.O=C(COc1ccc(-c2ccccc2)cc1Cl)N1C[C@H]2CNC[C@H]2C1. The molecule has 1 amide bonds. The highest BCUT2D eigenvalue weighted by Gasteiger charge is 2.38. The molecule has 0 saturated carbocycles. The van der Waals surface area contributed by atoms with E-state index in [1.54, 1.807) is 0 Å². The lowest BCUT2D eigenvalue weighted by molar-refractivity contribution is -0.132. The van der Waals surface area contributed by atoms with Crippen molar-refractivity contribution in [3.8, 4) is 16.9 Å². The van der Waals surface area contributed by atoms with Gasteiger partial charge in [0.15, 0.2) is 6.61 Å². The molecule has 0 aromatic heterocycles. The fourth-order valence-electron chi connectivity index (χ4n) is 3.72. The van der Waals surface area contributed by atoms with Crippen molar-refractivity contribution in [2.45, 2.75) is 0 Å². The lowest BCUT2D eigenvalue weighted by Gasteiger charge is -2.18. The first-order valence-corrected chi connectivity index (χ1v) is 9.05. The molecule has 6 heteroatoms. The van der Waals surface area contributed by atoms with E-state index in [0.29, 0.717) is 22.6 Å². The van der Waals surface area contributed by atoms with Gasteiger partial charge in [-0.15, -0.1) is 12.4 Å².